The first-order valence-electron chi connectivity index (χ1n) is 8.53. The van der Waals surface area contributed by atoms with Gasteiger partial charge >= 0.3 is 0 Å². The Morgan fingerprint density at radius 3 is 2.74 bits per heavy atom. The molecule has 0 aliphatic rings. The topological polar surface area (TPSA) is 83.5 Å². The van der Waals surface area contributed by atoms with Crippen molar-refractivity contribution < 1.29 is 4.74 Å². The molecule has 1 aromatic carbocycles. The maximum Gasteiger partial charge on any atom is 0.123 e. The molecule has 0 fully saturated rings. The standard InChI is InChI=1S/C19H19N7O/c1-14-9-21-17(10-20-14)12-26-13-18(23-24-26)15-4-5-19(27-2)16(8-15)11-25-7-3-6-22-25/h3-10,13H,11-12H2,1-2H3. The number of benzene rings is 1. The minimum absolute atomic E-state index is 0.524. The number of aryl methyl sites for hydroxylation is 1. The first kappa shape index (κ1) is 16.9. The number of methoxy groups -OCH3 is 1. The molecule has 27 heavy (non-hydrogen) atoms. The quantitative estimate of drug-likeness (QED) is 0.524. The minimum atomic E-state index is 0.524. The van der Waals surface area contributed by atoms with Gasteiger partial charge in [-0.05, 0) is 31.2 Å². The Kier molecular flexibility index (Phi) is 4.61. The van der Waals surface area contributed by atoms with Crippen LogP contribution in [0.3, 0.4) is 0 Å². The van der Waals surface area contributed by atoms with Crippen molar-refractivity contribution in [3.8, 4) is 17.0 Å². The third-order valence-electron chi connectivity index (χ3n) is 4.16. The molecular weight excluding hydrogens is 342 g/mol. The highest BCUT2D eigenvalue weighted by Crippen LogP contribution is 2.26. The highest BCUT2D eigenvalue weighted by atomic mass is 16.5. The summed E-state index contributed by atoms with van der Waals surface area (Å²) in [5.41, 5.74) is 4.52. The highest BCUT2D eigenvalue weighted by molar-refractivity contribution is 5.61. The van der Waals surface area contributed by atoms with Crippen LogP contribution in [0.25, 0.3) is 11.3 Å². The molecule has 0 aliphatic carbocycles. The van der Waals surface area contributed by atoms with Crippen molar-refractivity contribution in [1.82, 2.24) is 34.7 Å². The Labute approximate surface area is 156 Å². The molecule has 0 spiro atoms. The van der Waals surface area contributed by atoms with Gasteiger partial charge in [0.25, 0.3) is 0 Å². The lowest BCUT2D eigenvalue weighted by Gasteiger charge is -2.10. The van der Waals surface area contributed by atoms with Crippen LogP contribution in [0.4, 0.5) is 0 Å². The summed E-state index contributed by atoms with van der Waals surface area (Å²) in [4.78, 5) is 8.62. The molecule has 0 amide bonds. The van der Waals surface area contributed by atoms with Crippen LogP contribution in [0.5, 0.6) is 5.75 Å². The fourth-order valence-corrected chi connectivity index (χ4v) is 2.80. The van der Waals surface area contributed by atoms with Gasteiger partial charge in [-0.3, -0.25) is 14.6 Å². The molecule has 0 unspecified atom stereocenters. The Morgan fingerprint density at radius 2 is 2.00 bits per heavy atom. The van der Waals surface area contributed by atoms with E-state index in [0.717, 1.165) is 34.0 Å². The van der Waals surface area contributed by atoms with Gasteiger partial charge in [-0.2, -0.15) is 5.10 Å². The van der Waals surface area contributed by atoms with Crippen LogP contribution in [0.2, 0.25) is 0 Å². The largest absolute Gasteiger partial charge is 0.496 e. The second-order valence-corrected chi connectivity index (χ2v) is 6.18. The van der Waals surface area contributed by atoms with Crippen LogP contribution in [0.1, 0.15) is 17.0 Å². The zero-order chi connectivity index (χ0) is 18.6. The zero-order valence-corrected chi connectivity index (χ0v) is 15.1. The van der Waals surface area contributed by atoms with Gasteiger partial charge in [0, 0.05) is 29.7 Å². The second-order valence-electron chi connectivity index (χ2n) is 6.18. The molecule has 0 aliphatic heterocycles. The van der Waals surface area contributed by atoms with Gasteiger partial charge < -0.3 is 4.74 Å². The number of hydrogen-bond acceptors (Lipinski definition) is 6. The van der Waals surface area contributed by atoms with E-state index in [1.54, 1.807) is 30.4 Å². The van der Waals surface area contributed by atoms with Crippen molar-refractivity contribution in [2.75, 3.05) is 7.11 Å². The molecule has 0 saturated heterocycles. The molecule has 136 valence electrons. The number of ether oxygens (including phenoxy) is 1. The third kappa shape index (κ3) is 3.84. The smallest absolute Gasteiger partial charge is 0.123 e. The summed E-state index contributed by atoms with van der Waals surface area (Å²) >= 11 is 0. The van der Waals surface area contributed by atoms with E-state index in [-0.39, 0.29) is 0 Å². The van der Waals surface area contributed by atoms with E-state index in [1.165, 1.54) is 0 Å². The van der Waals surface area contributed by atoms with Gasteiger partial charge in [0.1, 0.15) is 11.4 Å². The van der Waals surface area contributed by atoms with Crippen LogP contribution in [0, 0.1) is 6.92 Å². The molecule has 4 aromatic rings. The molecule has 0 saturated carbocycles. The minimum Gasteiger partial charge on any atom is -0.496 e. The van der Waals surface area contributed by atoms with E-state index in [4.69, 9.17) is 4.74 Å². The van der Waals surface area contributed by atoms with Gasteiger partial charge in [0.05, 0.1) is 44.0 Å². The monoisotopic (exact) mass is 361 g/mol. The molecular formula is C19H19N7O. The van der Waals surface area contributed by atoms with Crippen molar-refractivity contribution in [3.05, 3.63) is 72.2 Å². The molecule has 0 atom stereocenters. The summed E-state index contributed by atoms with van der Waals surface area (Å²) in [5, 5.41) is 12.8. The molecule has 8 nitrogen and oxygen atoms in total. The van der Waals surface area contributed by atoms with E-state index in [1.807, 2.05) is 42.2 Å². The molecule has 8 heteroatoms. The first-order valence-corrected chi connectivity index (χ1v) is 8.53. The summed E-state index contributed by atoms with van der Waals surface area (Å²) < 4.78 is 9.09. The lowest BCUT2D eigenvalue weighted by Crippen LogP contribution is -2.03. The van der Waals surface area contributed by atoms with Gasteiger partial charge in [-0.1, -0.05) is 5.21 Å². The zero-order valence-electron chi connectivity index (χ0n) is 15.1. The van der Waals surface area contributed by atoms with Crippen molar-refractivity contribution in [2.24, 2.45) is 0 Å². The van der Waals surface area contributed by atoms with E-state index >= 15 is 0 Å². The third-order valence-corrected chi connectivity index (χ3v) is 4.16. The number of hydrogen-bond donors (Lipinski definition) is 0. The Morgan fingerprint density at radius 1 is 1.07 bits per heavy atom. The van der Waals surface area contributed by atoms with Crippen LogP contribution >= 0.6 is 0 Å². The Balaban J connectivity index is 1.58. The highest BCUT2D eigenvalue weighted by Gasteiger charge is 2.10. The predicted molar refractivity (Wildman–Crippen MR) is 99.2 cm³/mol. The summed E-state index contributed by atoms with van der Waals surface area (Å²) in [6, 6.07) is 7.88. The summed E-state index contributed by atoms with van der Waals surface area (Å²) in [6.07, 6.45) is 9.09. The van der Waals surface area contributed by atoms with E-state index < -0.39 is 0 Å². The van der Waals surface area contributed by atoms with Gasteiger partial charge in [0.15, 0.2) is 0 Å². The van der Waals surface area contributed by atoms with Gasteiger partial charge in [0.2, 0.25) is 0 Å². The van der Waals surface area contributed by atoms with E-state index in [0.29, 0.717) is 13.1 Å². The molecule has 3 aromatic heterocycles. The van der Waals surface area contributed by atoms with Crippen LogP contribution < -0.4 is 4.74 Å². The fourth-order valence-electron chi connectivity index (χ4n) is 2.80. The summed E-state index contributed by atoms with van der Waals surface area (Å²) in [6.45, 7) is 3.06. The lowest BCUT2D eigenvalue weighted by atomic mass is 10.1. The molecule has 4 rings (SSSR count). The summed E-state index contributed by atoms with van der Waals surface area (Å²) in [7, 11) is 1.67. The van der Waals surface area contributed by atoms with Crippen molar-refractivity contribution in [2.45, 2.75) is 20.0 Å². The van der Waals surface area contributed by atoms with Crippen molar-refractivity contribution >= 4 is 0 Å². The maximum absolute atomic E-state index is 5.48. The molecule has 0 N–H and O–H groups in total. The Bertz CT molecular complexity index is 1020. The predicted octanol–water partition coefficient (Wildman–Crippen LogP) is 2.35. The summed E-state index contributed by atoms with van der Waals surface area (Å²) in [5.74, 6) is 0.816. The van der Waals surface area contributed by atoms with E-state index in [9.17, 15) is 0 Å². The first-order chi connectivity index (χ1) is 13.2. The molecule has 3 heterocycles. The molecule has 0 bridgehead atoms. The normalized spacial score (nSPS) is 10.9. The Hall–Kier alpha value is -3.55. The number of nitrogens with zero attached hydrogens (tertiary/aromatic N) is 7. The van der Waals surface area contributed by atoms with E-state index in [2.05, 4.69) is 31.4 Å². The fraction of sp³-hybridized carbons (Fsp3) is 0.211. The molecule has 0 radical (unpaired) electrons. The number of rotatable bonds is 6. The number of aromatic nitrogens is 7. The lowest BCUT2D eigenvalue weighted by molar-refractivity contribution is 0.407. The SMILES string of the molecule is COc1ccc(-c2cn(Cc3cnc(C)cn3)nn2)cc1Cn1cccn1. The van der Waals surface area contributed by atoms with Crippen LogP contribution in [-0.4, -0.2) is 41.9 Å². The van der Waals surface area contributed by atoms with Gasteiger partial charge in [-0.15, -0.1) is 5.10 Å². The average molecular weight is 361 g/mol. The van der Waals surface area contributed by atoms with Crippen LogP contribution in [-0.2, 0) is 13.1 Å². The maximum atomic E-state index is 5.48. The average Bonchev–Trinajstić information content (AvgIpc) is 3.36. The van der Waals surface area contributed by atoms with Crippen molar-refractivity contribution in [3.63, 3.8) is 0 Å². The second kappa shape index (κ2) is 7.36. The van der Waals surface area contributed by atoms with Crippen molar-refractivity contribution in [1.29, 1.82) is 0 Å². The van der Waals surface area contributed by atoms with Gasteiger partial charge in [-0.25, -0.2) is 4.68 Å². The van der Waals surface area contributed by atoms with Crippen LogP contribution in [0.15, 0.2) is 55.2 Å².